The van der Waals surface area contributed by atoms with Crippen molar-refractivity contribution in [3.05, 3.63) is 121 Å². The summed E-state index contributed by atoms with van der Waals surface area (Å²) in [5.74, 6) is -0.0798. The first kappa shape index (κ1) is 34.5. The second-order valence-electron chi connectivity index (χ2n) is 12.2. The van der Waals surface area contributed by atoms with E-state index < -0.39 is 16.8 Å². The van der Waals surface area contributed by atoms with Crippen LogP contribution in [0.2, 0.25) is 0 Å². The molecule has 252 valence electrons. The molecule has 49 heavy (non-hydrogen) atoms. The van der Waals surface area contributed by atoms with E-state index in [1.165, 1.54) is 58.8 Å². The van der Waals surface area contributed by atoms with Gasteiger partial charge in [0, 0.05) is 32.4 Å². The van der Waals surface area contributed by atoms with Crippen LogP contribution in [0, 0.1) is 0 Å². The number of carbonyl (C=O) groups excluding carboxylic acids is 2. The highest BCUT2D eigenvalue weighted by Crippen LogP contribution is 2.39. The molecule has 0 unspecified atom stereocenters. The number of thioether (sulfide) groups is 1. The molecule has 1 aromatic heterocycles. The van der Waals surface area contributed by atoms with Gasteiger partial charge in [-0.25, -0.2) is 0 Å². The zero-order chi connectivity index (χ0) is 34.5. The zero-order valence-electron chi connectivity index (χ0n) is 27.9. The lowest BCUT2D eigenvalue weighted by Crippen LogP contribution is -2.39. The van der Waals surface area contributed by atoms with Crippen LogP contribution in [0.4, 0.5) is 5.69 Å². The molecule has 0 aliphatic carbocycles. The molecule has 0 spiro atoms. The van der Waals surface area contributed by atoms with Gasteiger partial charge in [-0.2, -0.15) is 5.10 Å². The third-order valence-electron chi connectivity index (χ3n) is 9.05. The molecule has 0 bridgehead atoms. The number of anilines is 1. The molecule has 0 radical (unpaired) electrons. The van der Waals surface area contributed by atoms with E-state index in [0.717, 1.165) is 17.7 Å². The number of hydrogen-bond donors (Lipinski definition) is 1. The van der Waals surface area contributed by atoms with Crippen LogP contribution in [-0.2, 0) is 12.2 Å². The van der Waals surface area contributed by atoms with Gasteiger partial charge in [0.05, 0.1) is 23.1 Å². The maximum atomic E-state index is 14.0. The van der Waals surface area contributed by atoms with Gasteiger partial charge in [0.2, 0.25) is 10.9 Å². The fourth-order valence-corrected chi connectivity index (χ4v) is 8.26. The monoisotopic (exact) mass is 693 g/mol. The smallest absolute Gasteiger partial charge is 0.264 e. The Morgan fingerprint density at radius 1 is 0.796 bits per heavy atom. The van der Waals surface area contributed by atoms with E-state index in [4.69, 9.17) is 4.42 Å². The summed E-state index contributed by atoms with van der Waals surface area (Å²) in [5.41, 5.74) is 5.17. The van der Waals surface area contributed by atoms with Crippen molar-refractivity contribution in [2.45, 2.75) is 92.4 Å². The highest BCUT2D eigenvalue weighted by atomic mass is 32.2. The normalized spacial score (nSPS) is 13.3. The highest BCUT2D eigenvalue weighted by molar-refractivity contribution is 7.99. The Kier molecular flexibility index (Phi) is 10.8. The van der Waals surface area contributed by atoms with Gasteiger partial charge in [-0.3, -0.25) is 29.5 Å². The quantitative estimate of drug-likeness (QED) is 0.0505. The van der Waals surface area contributed by atoms with Gasteiger partial charge in [0.15, 0.2) is 10.4 Å². The summed E-state index contributed by atoms with van der Waals surface area (Å²) in [5, 5.41) is 5.17. The number of nitrogens with one attached hydrogen (secondary N) is 1. The van der Waals surface area contributed by atoms with Gasteiger partial charge in [0.25, 0.3) is 11.8 Å². The number of aryl methyl sites for hydroxylation is 1. The van der Waals surface area contributed by atoms with Crippen molar-refractivity contribution in [3.8, 4) is 0 Å². The van der Waals surface area contributed by atoms with Crippen LogP contribution in [-0.4, -0.2) is 22.8 Å². The molecular weight excluding hydrogens is 655 g/mol. The largest absolute Gasteiger partial charge is 0.458 e. The molecule has 2 heterocycles. The molecule has 0 saturated carbocycles. The third-order valence-corrected chi connectivity index (χ3v) is 11.1. The second-order valence-corrected chi connectivity index (χ2v) is 14.2. The molecule has 6 rings (SSSR count). The van der Waals surface area contributed by atoms with E-state index in [9.17, 15) is 19.2 Å². The lowest BCUT2D eigenvalue weighted by molar-refractivity contribution is 0.0575. The summed E-state index contributed by atoms with van der Waals surface area (Å²) >= 11 is 2.88. The van der Waals surface area contributed by atoms with Gasteiger partial charge in [-0.1, -0.05) is 76.1 Å². The lowest BCUT2D eigenvalue weighted by Gasteiger charge is -2.23. The van der Waals surface area contributed by atoms with E-state index in [-0.39, 0.29) is 39.3 Å². The molecule has 1 aliphatic rings. The fraction of sp³-hybridized carbons (Fsp3) is 0.308. The summed E-state index contributed by atoms with van der Waals surface area (Å²) in [6, 6.07) is 20.3. The molecular formula is C39H39N3O5S2. The van der Waals surface area contributed by atoms with Crippen LogP contribution >= 0.6 is 23.5 Å². The third kappa shape index (κ3) is 7.03. The van der Waals surface area contributed by atoms with Gasteiger partial charge in [0.1, 0.15) is 0 Å². The standard InChI is InChI=1S/C39H39N3O5S2/c1-4-7-8-9-13-24-14-10-11-15-25(24)23-48-31-20-19-30(33-34(31)39(46)42(38(33)45)26(5-2)6-3)40-41-35-36(43)28-18-17-27(22-29(28)37(35)44)49-32-16-12-21-47-32/h10-12,14-22,26,40H,4-9,13,23H2,1-3H3. The predicted octanol–water partition coefficient (Wildman–Crippen LogP) is 8.31. The minimum absolute atomic E-state index is 0.214. The number of unbranched alkanes of at least 4 members (excludes halogenated alkanes) is 3. The van der Waals surface area contributed by atoms with E-state index in [0.29, 0.717) is 34.1 Å². The Morgan fingerprint density at radius 3 is 2.29 bits per heavy atom. The number of rotatable bonds is 15. The molecule has 10 heteroatoms. The average molecular weight is 694 g/mol. The number of imide groups is 1. The maximum Gasteiger partial charge on any atom is 0.264 e. The number of amides is 2. The Morgan fingerprint density at radius 2 is 1.55 bits per heavy atom. The number of carbonyl (C=O) groups is 2. The lowest BCUT2D eigenvalue weighted by atomic mass is 10.0. The molecule has 1 N–H and O–H groups in total. The van der Waals surface area contributed by atoms with E-state index in [2.05, 4.69) is 35.7 Å². The summed E-state index contributed by atoms with van der Waals surface area (Å²) in [4.78, 5) is 57.5. The van der Waals surface area contributed by atoms with Gasteiger partial charge in [-0.15, -0.1) is 11.8 Å². The summed E-state index contributed by atoms with van der Waals surface area (Å²) in [7, 11) is 0. The molecule has 1 aliphatic heterocycles. The van der Waals surface area contributed by atoms with E-state index in [1.54, 1.807) is 36.6 Å². The minimum atomic E-state index is -0.507. The number of fused-ring (bicyclic) bond motifs is 2. The molecule has 5 aromatic rings. The molecule has 0 atom stereocenters. The highest BCUT2D eigenvalue weighted by Gasteiger charge is 2.42. The predicted molar refractivity (Wildman–Crippen MR) is 196 cm³/mol. The van der Waals surface area contributed by atoms with Gasteiger partial charge in [-0.05, 0) is 79.3 Å². The molecule has 8 nitrogen and oxygen atoms in total. The molecule has 0 saturated heterocycles. The maximum absolute atomic E-state index is 14.0. The van der Waals surface area contributed by atoms with Gasteiger partial charge < -0.3 is 4.42 Å². The average Bonchev–Trinajstić information content (AvgIpc) is 3.79. The molecule has 0 fully saturated rings. The first-order valence-electron chi connectivity index (χ1n) is 16.9. The summed E-state index contributed by atoms with van der Waals surface area (Å²) in [6.07, 6.45) is 8.57. The molecule has 2 amide bonds. The summed E-state index contributed by atoms with van der Waals surface area (Å²) < 4.78 is 5.40. The van der Waals surface area contributed by atoms with Gasteiger partial charge >= 0.3 is 0 Å². The van der Waals surface area contributed by atoms with Crippen LogP contribution in [0.15, 0.2) is 107 Å². The summed E-state index contributed by atoms with van der Waals surface area (Å²) in [6.45, 7) is 6.13. The van der Waals surface area contributed by atoms with E-state index >= 15 is 0 Å². The van der Waals surface area contributed by atoms with Crippen molar-refractivity contribution in [2.75, 3.05) is 5.43 Å². The van der Waals surface area contributed by atoms with Crippen molar-refractivity contribution >= 4 is 51.8 Å². The number of furan rings is 1. The fourth-order valence-electron chi connectivity index (χ4n) is 6.38. The Balaban J connectivity index is 1.33. The topological polar surface area (TPSA) is 109 Å². The van der Waals surface area contributed by atoms with Crippen molar-refractivity contribution < 1.29 is 14.0 Å². The minimum Gasteiger partial charge on any atom is -0.458 e. The second kappa shape index (κ2) is 15.4. The first-order valence-corrected chi connectivity index (χ1v) is 18.7. The van der Waals surface area contributed by atoms with Crippen LogP contribution in [0.25, 0.3) is 10.8 Å². The molecule has 4 aromatic carbocycles. The number of benzene rings is 3. The number of nitrogens with zero attached hydrogens (tertiary/aromatic N) is 2. The van der Waals surface area contributed by atoms with Crippen LogP contribution in [0.1, 0.15) is 91.1 Å². The van der Waals surface area contributed by atoms with Crippen LogP contribution < -0.4 is 21.6 Å². The SMILES string of the molecule is CCCCCCc1ccccc1CSc1ccc(NN=c2c(=O)c3ccc(Sc4ccco4)cc3c2=O)c2c1C(=O)N(C(CC)CC)C2=O. The van der Waals surface area contributed by atoms with Crippen molar-refractivity contribution in [1.29, 1.82) is 0 Å². The Labute approximate surface area is 293 Å². The number of hydrogen-bond acceptors (Lipinski definition) is 9. The van der Waals surface area contributed by atoms with Crippen LogP contribution in [0.3, 0.4) is 0 Å². The van der Waals surface area contributed by atoms with Crippen molar-refractivity contribution in [2.24, 2.45) is 5.10 Å². The van der Waals surface area contributed by atoms with Crippen LogP contribution in [0.5, 0.6) is 0 Å². The first-order chi connectivity index (χ1) is 23.9. The van der Waals surface area contributed by atoms with E-state index in [1.807, 2.05) is 32.0 Å². The van der Waals surface area contributed by atoms with Crippen molar-refractivity contribution in [3.63, 3.8) is 0 Å². The van der Waals surface area contributed by atoms with Crippen molar-refractivity contribution in [1.82, 2.24) is 4.90 Å². The Bertz CT molecular complexity index is 2150. The zero-order valence-corrected chi connectivity index (χ0v) is 29.5. The Hall–Kier alpha value is -4.41.